The quantitative estimate of drug-likeness (QED) is 0.808. The maximum absolute atomic E-state index is 12.0. The maximum atomic E-state index is 12.0. The Morgan fingerprint density at radius 3 is 2.53 bits per heavy atom. The molecule has 0 saturated heterocycles. The van der Waals surface area contributed by atoms with Crippen LogP contribution >= 0.6 is 22.6 Å². The van der Waals surface area contributed by atoms with Crippen LogP contribution in [0.2, 0.25) is 0 Å². The summed E-state index contributed by atoms with van der Waals surface area (Å²) in [5.41, 5.74) is 0.320. The summed E-state index contributed by atoms with van der Waals surface area (Å²) in [7, 11) is 0. The number of hydrogen-bond acceptors (Lipinski definition) is 2. The second kappa shape index (κ2) is 5.25. The molecule has 0 aliphatic rings. The van der Waals surface area contributed by atoms with Crippen molar-refractivity contribution in [1.82, 2.24) is 5.32 Å². The van der Waals surface area contributed by atoms with Gasteiger partial charge in [-0.05, 0) is 53.1 Å². The van der Waals surface area contributed by atoms with E-state index in [2.05, 4.69) is 48.7 Å². The molecule has 0 aromatic heterocycles. The molecule has 1 amide bonds. The van der Waals surface area contributed by atoms with E-state index in [4.69, 9.17) is 0 Å². The standard InChI is InChI=1S/C13H18INO2/c1-8(13(2,3)4)15-12(17)10-7-9(14)5-6-11(10)16/h5-8,16H,1-4H3,(H,15,17). The van der Waals surface area contributed by atoms with Gasteiger partial charge in [-0.2, -0.15) is 0 Å². The second-order valence-electron chi connectivity index (χ2n) is 5.22. The lowest BCUT2D eigenvalue weighted by Crippen LogP contribution is -2.41. The van der Waals surface area contributed by atoms with Gasteiger partial charge >= 0.3 is 0 Å². The topological polar surface area (TPSA) is 49.3 Å². The van der Waals surface area contributed by atoms with Gasteiger partial charge in [-0.1, -0.05) is 20.8 Å². The number of hydrogen-bond donors (Lipinski definition) is 2. The van der Waals surface area contributed by atoms with Crippen LogP contribution in [0.3, 0.4) is 0 Å². The summed E-state index contributed by atoms with van der Waals surface area (Å²) in [4.78, 5) is 12.0. The maximum Gasteiger partial charge on any atom is 0.255 e. The largest absolute Gasteiger partial charge is 0.507 e. The van der Waals surface area contributed by atoms with Gasteiger partial charge in [0, 0.05) is 9.61 Å². The smallest absolute Gasteiger partial charge is 0.255 e. The van der Waals surface area contributed by atoms with E-state index in [0.29, 0.717) is 5.56 Å². The molecular formula is C13H18INO2. The van der Waals surface area contributed by atoms with Crippen molar-refractivity contribution in [3.8, 4) is 5.75 Å². The van der Waals surface area contributed by atoms with Crippen LogP contribution in [0, 0.1) is 8.99 Å². The third-order valence-electron chi connectivity index (χ3n) is 2.85. The van der Waals surface area contributed by atoms with Crippen LogP contribution in [0.4, 0.5) is 0 Å². The van der Waals surface area contributed by atoms with E-state index in [1.807, 2.05) is 6.92 Å². The minimum Gasteiger partial charge on any atom is -0.507 e. The van der Waals surface area contributed by atoms with Gasteiger partial charge in [-0.3, -0.25) is 4.79 Å². The van der Waals surface area contributed by atoms with E-state index in [-0.39, 0.29) is 23.1 Å². The molecular weight excluding hydrogens is 329 g/mol. The van der Waals surface area contributed by atoms with Gasteiger partial charge in [0.25, 0.3) is 5.91 Å². The van der Waals surface area contributed by atoms with Crippen molar-refractivity contribution in [2.24, 2.45) is 5.41 Å². The van der Waals surface area contributed by atoms with E-state index in [0.717, 1.165) is 3.57 Å². The number of phenols is 1. The highest BCUT2D eigenvalue weighted by Gasteiger charge is 2.23. The first kappa shape index (κ1) is 14.3. The molecule has 0 aliphatic carbocycles. The average molecular weight is 347 g/mol. The molecule has 1 aromatic rings. The van der Waals surface area contributed by atoms with Gasteiger partial charge < -0.3 is 10.4 Å². The molecule has 0 spiro atoms. The SMILES string of the molecule is CC(NC(=O)c1cc(I)ccc1O)C(C)(C)C. The highest BCUT2D eigenvalue weighted by molar-refractivity contribution is 14.1. The van der Waals surface area contributed by atoms with Crippen molar-refractivity contribution in [3.05, 3.63) is 27.3 Å². The Morgan fingerprint density at radius 2 is 2.00 bits per heavy atom. The molecule has 0 heterocycles. The van der Waals surface area contributed by atoms with Crippen molar-refractivity contribution in [2.75, 3.05) is 0 Å². The number of amides is 1. The van der Waals surface area contributed by atoms with Crippen LogP contribution in [0.1, 0.15) is 38.1 Å². The third-order valence-corrected chi connectivity index (χ3v) is 3.52. The Morgan fingerprint density at radius 1 is 1.41 bits per heavy atom. The number of aromatic hydroxyl groups is 1. The summed E-state index contributed by atoms with van der Waals surface area (Å²) >= 11 is 2.11. The molecule has 4 heteroatoms. The van der Waals surface area contributed by atoms with Crippen LogP contribution in [-0.4, -0.2) is 17.1 Å². The minimum atomic E-state index is -0.233. The number of rotatable bonds is 2. The van der Waals surface area contributed by atoms with Gasteiger partial charge in [0.1, 0.15) is 5.75 Å². The fourth-order valence-corrected chi connectivity index (χ4v) is 1.67. The number of benzene rings is 1. The molecule has 0 bridgehead atoms. The molecule has 2 N–H and O–H groups in total. The molecule has 94 valence electrons. The average Bonchev–Trinajstić information content (AvgIpc) is 2.20. The normalized spacial score (nSPS) is 13.2. The molecule has 0 aliphatic heterocycles. The van der Waals surface area contributed by atoms with Crippen molar-refractivity contribution in [3.63, 3.8) is 0 Å². The first-order valence-corrected chi connectivity index (χ1v) is 6.59. The van der Waals surface area contributed by atoms with Crippen LogP contribution in [-0.2, 0) is 0 Å². The lowest BCUT2D eigenvalue weighted by molar-refractivity contribution is 0.0907. The fourth-order valence-electron chi connectivity index (χ4n) is 1.18. The summed E-state index contributed by atoms with van der Waals surface area (Å²) < 4.78 is 0.925. The summed E-state index contributed by atoms with van der Waals surface area (Å²) in [5.74, 6) is -0.215. The van der Waals surface area contributed by atoms with E-state index < -0.39 is 0 Å². The van der Waals surface area contributed by atoms with Gasteiger partial charge in [0.05, 0.1) is 5.56 Å². The molecule has 17 heavy (non-hydrogen) atoms. The molecule has 1 rings (SSSR count). The lowest BCUT2D eigenvalue weighted by atomic mass is 9.88. The van der Waals surface area contributed by atoms with E-state index in [1.54, 1.807) is 18.2 Å². The highest BCUT2D eigenvalue weighted by Crippen LogP contribution is 2.22. The van der Waals surface area contributed by atoms with Gasteiger partial charge in [-0.15, -0.1) is 0 Å². The Hall–Kier alpha value is -0.780. The van der Waals surface area contributed by atoms with Crippen molar-refractivity contribution in [1.29, 1.82) is 0 Å². The third kappa shape index (κ3) is 3.87. The predicted octanol–water partition coefficient (Wildman–Crippen LogP) is 3.16. The van der Waals surface area contributed by atoms with E-state index in [9.17, 15) is 9.90 Å². The minimum absolute atomic E-state index is 0.00673. The molecule has 0 radical (unpaired) electrons. The highest BCUT2D eigenvalue weighted by atomic mass is 127. The van der Waals surface area contributed by atoms with Crippen molar-refractivity contribution < 1.29 is 9.90 Å². The van der Waals surface area contributed by atoms with Gasteiger partial charge in [0.15, 0.2) is 0 Å². The summed E-state index contributed by atoms with van der Waals surface area (Å²) in [6, 6.07) is 5.02. The van der Waals surface area contributed by atoms with E-state index >= 15 is 0 Å². The zero-order chi connectivity index (χ0) is 13.2. The number of nitrogens with one attached hydrogen (secondary N) is 1. The number of carbonyl (C=O) groups excluding carboxylic acids is 1. The predicted molar refractivity (Wildman–Crippen MR) is 77.2 cm³/mol. The molecule has 1 aromatic carbocycles. The Bertz CT molecular complexity index is 424. The van der Waals surface area contributed by atoms with Crippen molar-refractivity contribution >= 4 is 28.5 Å². The van der Waals surface area contributed by atoms with Gasteiger partial charge in [-0.25, -0.2) is 0 Å². The molecule has 3 nitrogen and oxygen atoms in total. The number of halogens is 1. The first-order chi connectivity index (χ1) is 7.71. The Balaban J connectivity index is 2.87. The molecule has 0 fully saturated rings. The monoisotopic (exact) mass is 347 g/mol. The fraction of sp³-hybridized carbons (Fsp3) is 0.462. The summed E-state index contributed by atoms with van der Waals surface area (Å²) in [6.07, 6.45) is 0. The Kier molecular flexibility index (Phi) is 4.41. The zero-order valence-corrected chi connectivity index (χ0v) is 12.7. The summed E-state index contributed by atoms with van der Waals surface area (Å²) in [6.45, 7) is 8.15. The van der Waals surface area contributed by atoms with Crippen LogP contribution in [0.15, 0.2) is 18.2 Å². The number of carbonyl (C=O) groups is 1. The number of phenolic OH excluding ortho intramolecular Hbond substituents is 1. The second-order valence-corrected chi connectivity index (χ2v) is 6.47. The lowest BCUT2D eigenvalue weighted by Gasteiger charge is -2.28. The van der Waals surface area contributed by atoms with Gasteiger partial charge in [0.2, 0.25) is 0 Å². The first-order valence-electron chi connectivity index (χ1n) is 5.51. The zero-order valence-electron chi connectivity index (χ0n) is 10.5. The van der Waals surface area contributed by atoms with Crippen molar-refractivity contribution in [2.45, 2.75) is 33.7 Å². The summed E-state index contributed by atoms with van der Waals surface area (Å²) in [5, 5.41) is 12.6. The molecule has 1 atom stereocenters. The van der Waals surface area contributed by atoms with Crippen LogP contribution < -0.4 is 5.32 Å². The van der Waals surface area contributed by atoms with E-state index in [1.165, 1.54) is 0 Å². The van der Waals surface area contributed by atoms with Crippen LogP contribution in [0.5, 0.6) is 5.75 Å². The molecule has 0 saturated carbocycles. The van der Waals surface area contributed by atoms with Crippen LogP contribution in [0.25, 0.3) is 0 Å². The molecule has 1 unspecified atom stereocenters. The Labute approximate surface area is 116 Å².